The van der Waals surface area contributed by atoms with Crippen LogP contribution in [0.25, 0.3) is 0 Å². The molecule has 4 aliphatic rings. The maximum atomic E-state index is 3.85. The molecule has 0 spiro atoms. The Labute approximate surface area is 93.4 Å². The van der Waals surface area contributed by atoms with Crippen molar-refractivity contribution in [2.24, 2.45) is 11.8 Å². The van der Waals surface area contributed by atoms with Crippen molar-refractivity contribution in [3.63, 3.8) is 0 Å². The molecule has 2 bridgehead atoms. The van der Waals surface area contributed by atoms with Gasteiger partial charge in [0.25, 0.3) is 0 Å². The molecule has 1 N–H and O–H groups in total. The molecule has 2 nitrogen and oxygen atoms in total. The summed E-state index contributed by atoms with van der Waals surface area (Å²) in [5.74, 6) is 2.00. The number of hydrogen-bond donors (Lipinski definition) is 1. The molecule has 0 aromatic rings. The molecular weight excluding hydrogens is 184 g/mol. The van der Waals surface area contributed by atoms with Gasteiger partial charge in [0.2, 0.25) is 0 Å². The third-order valence-corrected chi connectivity index (χ3v) is 4.80. The van der Waals surface area contributed by atoms with E-state index in [4.69, 9.17) is 0 Å². The SMILES string of the molecule is C1CCC(CNC2CN3CCC2CC3)C1. The summed E-state index contributed by atoms with van der Waals surface area (Å²) in [6.07, 6.45) is 8.81. The highest BCUT2D eigenvalue weighted by Gasteiger charge is 2.33. The summed E-state index contributed by atoms with van der Waals surface area (Å²) < 4.78 is 0. The van der Waals surface area contributed by atoms with Gasteiger partial charge in [-0.15, -0.1) is 0 Å². The van der Waals surface area contributed by atoms with Gasteiger partial charge in [-0.25, -0.2) is 0 Å². The van der Waals surface area contributed by atoms with E-state index < -0.39 is 0 Å². The number of rotatable bonds is 3. The molecule has 86 valence electrons. The second kappa shape index (κ2) is 4.42. The molecule has 0 amide bonds. The molecule has 4 rings (SSSR count). The van der Waals surface area contributed by atoms with Crippen molar-refractivity contribution in [3.05, 3.63) is 0 Å². The maximum absolute atomic E-state index is 3.85. The highest BCUT2D eigenvalue weighted by atomic mass is 15.2. The molecule has 1 saturated carbocycles. The van der Waals surface area contributed by atoms with E-state index in [0.29, 0.717) is 0 Å². The number of nitrogens with zero attached hydrogens (tertiary/aromatic N) is 1. The summed E-state index contributed by atoms with van der Waals surface area (Å²) in [4.78, 5) is 2.65. The smallest absolute Gasteiger partial charge is 0.0224 e. The van der Waals surface area contributed by atoms with Gasteiger partial charge < -0.3 is 10.2 Å². The summed E-state index contributed by atoms with van der Waals surface area (Å²) in [6, 6.07) is 0.827. The molecule has 0 aromatic heterocycles. The lowest BCUT2D eigenvalue weighted by Crippen LogP contribution is -2.56. The summed E-state index contributed by atoms with van der Waals surface area (Å²) in [7, 11) is 0. The topological polar surface area (TPSA) is 15.3 Å². The van der Waals surface area contributed by atoms with E-state index in [2.05, 4.69) is 10.2 Å². The Morgan fingerprint density at radius 3 is 2.33 bits per heavy atom. The van der Waals surface area contributed by atoms with Crippen molar-refractivity contribution < 1.29 is 0 Å². The predicted octanol–water partition coefficient (Wildman–Crippen LogP) is 1.86. The lowest BCUT2D eigenvalue weighted by molar-refractivity contribution is 0.0709. The van der Waals surface area contributed by atoms with Crippen LogP contribution in [0.1, 0.15) is 38.5 Å². The van der Waals surface area contributed by atoms with Crippen LogP contribution in [0.2, 0.25) is 0 Å². The van der Waals surface area contributed by atoms with Crippen LogP contribution in [0.4, 0.5) is 0 Å². The first kappa shape index (κ1) is 10.1. The highest BCUT2D eigenvalue weighted by Crippen LogP contribution is 2.29. The monoisotopic (exact) mass is 208 g/mol. The van der Waals surface area contributed by atoms with Gasteiger partial charge in [0.05, 0.1) is 0 Å². The Bertz CT molecular complexity index is 203. The molecule has 2 heteroatoms. The zero-order chi connectivity index (χ0) is 10.1. The fourth-order valence-electron chi connectivity index (χ4n) is 3.73. The first-order chi connectivity index (χ1) is 7.42. The first-order valence-electron chi connectivity index (χ1n) is 6.87. The second-order valence-corrected chi connectivity index (χ2v) is 5.80. The Morgan fingerprint density at radius 2 is 1.73 bits per heavy atom. The fraction of sp³-hybridized carbons (Fsp3) is 1.00. The molecule has 1 unspecified atom stereocenters. The average Bonchev–Trinajstić information content (AvgIpc) is 2.81. The van der Waals surface area contributed by atoms with Gasteiger partial charge in [-0.05, 0) is 57.2 Å². The Hall–Kier alpha value is -0.0800. The molecule has 1 aliphatic carbocycles. The van der Waals surface area contributed by atoms with Crippen molar-refractivity contribution in [1.29, 1.82) is 0 Å². The van der Waals surface area contributed by atoms with E-state index in [0.717, 1.165) is 17.9 Å². The minimum Gasteiger partial charge on any atom is -0.312 e. The van der Waals surface area contributed by atoms with Gasteiger partial charge >= 0.3 is 0 Å². The number of piperidine rings is 3. The molecular formula is C13H24N2. The van der Waals surface area contributed by atoms with E-state index >= 15 is 0 Å². The standard InChI is InChI=1S/C13H24N2/c1-2-4-11(3-1)9-14-13-10-15-7-5-12(13)6-8-15/h11-14H,1-10H2. The fourth-order valence-corrected chi connectivity index (χ4v) is 3.73. The summed E-state index contributed by atoms with van der Waals surface area (Å²) in [5, 5.41) is 3.85. The number of fused-ring (bicyclic) bond motifs is 3. The van der Waals surface area contributed by atoms with Crippen molar-refractivity contribution >= 4 is 0 Å². The van der Waals surface area contributed by atoms with Crippen LogP contribution in [0, 0.1) is 11.8 Å². The van der Waals surface area contributed by atoms with Crippen LogP contribution in [0.5, 0.6) is 0 Å². The van der Waals surface area contributed by atoms with E-state index in [1.807, 2.05) is 0 Å². The third-order valence-electron chi connectivity index (χ3n) is 4.80. The van der Waals surface area contributed by atoms with Crippen LogP contribution in [0.15, 0.2) is 0 Å². The van der Waals surface area contributed by atoms with E-state index in [1.165, 1.54) is 64.7 Å². The predicted molar refractivity (Wildman–Crippen MR) is 62.9 cm³/mol. The molecule has 1 atom stereocenters. The zero-order valence-corrected chi connectivity index (χ0v) is 9.75. The molecule has 15 heavy (non-hydrogen) atoms. The molecule has 0 aromatic carbocycles. The lowest BCUT2D eigenvalue weighted by atomic mass is 9.84. The quantitative estimate of drug-likeness (QED) is 0.761. The van der Waals surface area contributed by atoms with Crippen molar-refractivity contribution in [2.45, 2.75) is 44.6 Å². The average molecular weight is 208 g/mol. The minimum absolute atomic E-state index is 0.827. The molecule has 3 saturated heterocycles. The van der Waals surface area contributed by atoms with Gasteiger partial charge in [-0.2, -0.15) is 0 Å². The maximum Gasteiger partial charge on any atom is 0.0224 e. The minimum atomic E-state index is 0.827. The normalized spacial score (nSPS) is 41.2. The van der Waals surface area contributed by atoms with Crippen molar-refractivity contribution in [2.75, 3.05) is 26.2 Å². The van der Waals surface area contributed by atoms with Gasteiger partial charge in [0.15, 0.2) is 0 Å². The first-order valence-corrected chi connectivity index (χ1v) is 6.87. The van der Waals surface area contributed by atoms with E-state index in [-0.39, 0.29) is 0 Å². The molecule has 0 radical (unpaired) electrons. The van der Waals surface area contributed by atoms with Gasteiger partial charge in [0, 0.05) is 12.6 Å². The van der Waals surface area contributed by atoms with Crippen LogP contribution < -0.4 is 5.32 Å². The Morgan fingerprint density at radius 1 is 1.00 bits per heavy atom. The largest absolute Gasteiger partial charge is 0.312 e. The van der Waals surface area contributed by atoms with Crippen molar-refractivity contribution in [3.8, 4) is 0 Å². The third kappa shape index (κ3) is 2.21. The summed E-state index contributed by atoms with van der Waals surface area (Å²) in [5.41, 5.74) is 0. The van der Waals surface area contributed by atoms with Gasteiger partial charge in [-0.1, -0.05) is 12.8 Å². The van der Waals surface area contributed by atoms with Crippen LogP contribution >= 0.6 is 0 Å². The number of hydrogen-bond acceptors (Lipinski definition) is 2. The zero-order valence-electron chi connectivity index (χ0n) is 9.75. The van der Waals surface area contributed by atoms with Crippen LogP contribution in [0.3, 0.4) is 0 Å². The molecule has 4 fully saturated rings. The molecule has 3 aliphatic heterocycles. The van der Waals surface area contributed by atoms with Crippen LogP contribution in [-0.4, -0.2) is 37.1 Å². The highest BCUT2D eigenvalue weighted by molar-refractivity contribution is 4.91. The summed E-state index contributed by atoms with van der Waals surface area (Å²) >= 11 is 0. The van der Waals surface area contributed by atoms with Gasteiger partial charge in [-0.3, -0.25) is 0 Å². The summed E-state index contributed by atoms with van der Waals surface area (Å²) in [6.45, 7) is 5.37. The van der Waals surface area contributed by atoms with Gasteiger partial charge in [0.1, 0.15) is 0 Å². The second-order valence-electron chi connectivity index (χ2n) is 5.80. The van der Waals surface area contributed by atoms with Crippen LogP contribution in [-0.2, 0) is 0 Å². The molecule has 3 heterocycles. The Balaban J connectivity index is 1.46. The van der Waals surface area contributed by atoms with Crippen molar-refractivity contribution in [1.82, 2.24) is 10.2 Å². The van der Waals surface area contributed by atoms with E-state index in [9.17, 15) is 0 Å². The number of nitrogens with one attached hydrogen (secondary N) is 1. The Kier molecular flexibility index (Phi) is 2.98. The van der Waals surface area contributed by atoms with E-state index in [1.54, 1.807) is 0 Å². The lowest BCUT2D eigenvalue weighted by Gasteiger charge is -2.45.